The van der Waals surface area contributed by atoms with Crippen molar-refractivity contribution in [1.29, 1.82) is 0 Å². The highest BCUT2D eigenvalue weighted by atomic mass is 16.2. The fraction of sp³-hybridized carbons (Fsp3) is 0.391. The zero-order valence-corrected chi connectivity index (χ0v) is 18.2. The van der Waals surface area contributed by atoms with Gasteiger partial charge in [0.2, 0.25) is 5.78 Å². The largest absolute Gasteiger partial charge is 0.378 e. The first-order valence-corrected chi connectivity index (χ1v) is 9.41. The van der Waals surface area contributed by atoms with Crippen LogP contribution < -0.4 is 15.1 Å². The number of carbonyl (C=O) groups excluding carboxylic acids is 2. The molecule has 0 saturated heterocycles. The van der Waals surface area contributed by atoms with Gasteiger partial charge in [-0.2, -0.15) is 0 Å². The molecule has 1 N–H and O–H groups in total. The molecule has 2 aromatic rings. The molecule has 0 radical (unpaired) electrons. The van der Waals surface area contributed by atoms with Gasteiger partial charge in [0.05, 0.1) is 0 Å². The lowest BCUT2D eigenvalue weighted by molar-refractivity contribution is -0.134. The number of benzene rings is 2. The van der Waals surface area contributed by atoms with Crippen molar-refractivity contribution >= 4 is 28.8 Å². The van der Waals surface area contributed by atoms with Crippen LogP contribution in [0.3, 0.4) is 0 Å². The van der Waals surface area contributed by atoms with Crippen molar-refractivity contribution in [3.05, 3.63) is 52.1 Å². The number of hydrogen-bond acceptors (Lipinski definition) is 4. The van der Waals surface area contributed by atoms with Gasteiger partial charge in [0.1, 0.15) is 0 Å². The Balaban J connectivity index is 2.20. The summed E-state index contributed by atoms with van der Waals surface area (Å²) in [5.41, 5.74) is 7.69. The third-order valence-corrected chi connectivity index (χ3v) is 5.06. The minimum Gasteiger partial charge on any atom is -0.378 e. The van der Waals surface area contributed by atoms with Gasteiger partial charge in [0.15, 0.2) is 0 Å². The molecule has 2 aromatic carbocycles. The molecular weight excluding hydrogens is 350 g/mol. The molecule has 0 bridgehead atoms. The van der Waals surface area contributed by atoms with Crippen LogP contribution in [0, 0.1) is 27.7 Å². The highest BCUT2D eigenvalue weighted by Gasteiger charge is 2.19. The quantitative estimate of drug-likeness (QED) is 0.773. The van der Waals surface area contributed by atoms with E-state index in [4.69, 9.17) is 0 Å². The Labute approximate surface area is 168 Å². The summed E-state index contributed by atoms with van der Waals surface area (Å²) in [6.07, 6.45) is 0.102. The van der Waals surface area contributed by atoms with Crippen molar-refractivity contribution in [2.75, 3.05) is 43.3 Å². The monoisotopic (exact) mass is 381 g/mol. The first-order chi connectivity index (χ1) is 13.0. The van der Waals surface area contributed by atoms with Crippen molar-refractivity contribution in [2.24, 2.45) is 0 Å². The average Bonchev–Trinajstić information content (AvgIpc) is 2.60. The number of rotatable bonds is 6. The van der Waals surface area contributed by atoms with Crippen molar-refractivity contribution in [2.45, 2.75) is 34.1 Å². The lowest BCUT2D eigenvalue weighted by Crippen LogP contribution is -2.26. The molecule has 0 heterocycles. The van der Waals surface area contributed by atoms with E-state index in [-0.39, 0.29) is 6.42 Å². The van der Waals surface area contributed by atoms with Crippen LogP contribution in [0.1, 0.15) is 27.8 Å². The molecule has 0 saturated carbocycles. The SMILES string of the molecule is Cc1cc(N(C)C)cc(C)c1CC(=O)C(=O)Nc1c(C)cc(N(C)C)cc1C. The smallest absolute Gasteiger partial charge is 0.292 e. The zero-order chi connectivity index (χ0) is 21.2. The maximum Gasteiger partial charge on any atom is 0.292 e. The molecule has 5 heteroatoms. The van der Waals surface area contributed by atoms with E-state index in [1.165, 1.54) is 0 Å². The van der Waals surface area contributed by atoms with Gasteiger partial charge < -0.3 is 15.1 Å². The standard InChI is InChI=1S/C23H31N3O2/c1-14-9-18(25(5)6)10-15(2)20(14)13-21(27)23(28)24-22-16(3)11-19(26(7)8)12-17(22)4/h9-12H,13H2,1-8H3,(H,24,28). The number of nitrogens with zero attached hydrogens (tertiary/aromatic N) is 2. The van der Waals surface area contributed by atoms with Gasteiger partial charge in [-0.05, 0) is 79.8 Å². The van der Waals surface area contributed by atoms with E-state index in [1.807, 2.05) is 90.0 Å². The number of hydrogen-bond donors (Lipinski definition) is 1. The molecule has 5 nitrogen and oxygen atoms in total. The Morgan fingerprint density at radius 1 is 0.750 bits per heavy atom. The van der Waals surface area contributed by atoms with Crippen LogP contribution in [0.4, 0.5) is 17.1 Å². The van der Waals surface area contributed by atoms with Gasteiger partial charge in [0.25, 0.3) is 5.91 Å². The van der Waals surface area contributed by atoms with Crippen molar-refractivity contribution < 1.29 is 9.59 Å². The summed E-state index contributed by atoms with van der Waals surface area (Å²) in [6.45, 7) is 7.84. The van der Waals surface area contributed by atoms with Gasteiger partial charge >= 0.3 is 0 Å². The summed E-state index contributed by atoms with van der Waals surface area (Å²) in [5, 5.41) is 2.82. The van der Waals surface area contributed by atoms with E-state index in [1.54, 1.807) is 0 Å². The number of carbonyl (C=O) groups is 2. The van der Waals surface area contributed by atoms with E-state index >= 15 is 0 Å². The highest BCUT2D eigenvalue weighted by molar-refractivity contribution is 6.41. The van der Waals surface area contributed by atoms with Crippen LogP contribution in [0.2, 0.25) is 0 Å². The first kappa shape index (κ1) is 21.5. The lowest BCUT2D eigenvalue weighted by atomic mass is 9.96. The molecule has 0 unspecified atom stereocenters. The molecule has 28 heavy (non-hydrogen) atoms. The fourth-order valence-electron chi connectivity index (χ4n) is 3.33. The second-order valence-corrected chi connectivity index (χ2v) is 7.86. The van der Waals surface area contributed by atoms with E-state index in [0.29, 0.717) is 5.69 Å². The van der Waals surface area contributed by atoms with Crippen molar-refractivity contribution in [3.63, 3.8) is 0 Å². The molecule has 1 amide bonds. The molecular formula is C23H31N3O2. The zero-order valence-electron chi connectivity index (χ0n) is 18.2. The Morgan fingerprint density at radius 3 is 1.54 bits per heavy atom. The third-order valence-electron chi connectivity index (χ3n) is 5.06. The normalized spacial score (nSPS) is 10.6. The highest BCUT2D eigenvalue weighted by Crippen LogP contribution is 2.27. The Bertz CT molecular complexity index is 793. The Kier molecular flexibility index (Phi) is 6.49. The van der Waals surface area contributed by atoms with Crippen molar-refractivity contribution in [3.8, 4) is 0 Å². The lowest BCUT2D eigenvalue weighted by Gasteiger charge is -2.19. The van der Waals surface area contributed by atoms with Gasteiger partial charge in [-0.1, -0.05) is 0 Å². The molecule has 2 rings (SSSR count). The summed E-state index contributed by atoms with van der Waals surface area (Å²) in [4.78, 5) is 29.2. The maximum absolute atomic E-state index is 12.6. The van der Waals surface area contributed by atoms with Crippen LogP contribution in [0.5, 0.6) is 0 Å². The Hall–Kier alpha value is -2.82. The van der Waals surface area contributed by atoms with Gasteiger partial charge in [0, 0.05) is 51.7 Å². The fourth-order valence-corrected chi connectivity index (χ4v) is 3.33. The van der Waals surface area contributed by atoms with E-state index in [0.717, 1.165) is 39.2 Å². The number of Topliss-reactive ketones (excluding diaryl/α,β-unsaturated/α-hetero) is 1. The molecule has 0 aliphatic rings. The molecule has 0 spiro atoms. The minimum absolute atomic E-state index is 0.102. The molecule has 0 fully saturated rings. The van der Waals surface area contributed by atoms with Crippen LogP contribution >= 0.6 is 0 Å². The minimum atomic E-state index is -0.570. The van der Waals surface area contributed by atoms with Crippen LogP contribution in [-0.4, -0.2) is 39.9 Å². The number of nitrogens with one attached hydrogen (secondary N) is 1. The van der Waals surface area contributed by atoms with Crippen molar-refractivity contribution in [1.82, 2.24) is 0 Å². The first-order valence-electron chi connectivity index (χ1n) is 9.41. The van der Waals surface area contributed by atoms with E-state index in [9.17, 15) is 9.59 Å². The van der Waals surface area contributed by atoms with Gasteiger partial charge in [-0.15, -0.1) is 0 Å². The van der Waals surface area contributed by atoms with Gasteiger partial charge in [-0.25, -0.2) is 0 Å². The predicted octanol–water partition coefficient (Wildman–Crippen LogP) is 3.80. The van der Waals surface area contributed by atoms with Gasteiger partial charge in [-0.3, -0.25) is 9.59 Å². The topological polar surface area (TPSA) is 52.7 Å². The molecule has 0 aliphatic heterocycles. The molecule has 0 aromatic heterocycles. The number of amides is 1. The summed E-state index contributed by atoms with van der Waals surface area (Å²) < 4.78 is 0. The average molecular weight is 382 g/mol. The molecule has 0 aliphatic carbocycles. The number of ketones is 1. The van der Waals surface area contributed by atoms with Crippen LogP contribution in [0.15, 0.2) is 24.3 Å². The second-order valence-electron chi connectivity index (χ2n) is 7.86. The molecule has 150 valence electrons. The number of anilines is 3. The van der Waals surface area contributed by atoms with E-state index in [2.05, 4.69) is 5.32 Å². The van der Waals surface area contributed by atoms with Crippen LogP contribution in [-0.2, 0) is 16.0 Å². The van der Waals surface area contributed by atoms with Crippen LogP contribution in [0.25, 0.3) is 0 Å². The summed E-state index contributed by atoms with van der Waals surface area (Å²) in [7, 11) is 7.92. The summed E-state index contributed by atoms with van der Waals surface area (Å²) in [6, 6.07) is 8.09. The molecule has 0 atom stereocenters. The predicted molar refractivity (Wildman–Crippen MR) is 118 cm³/mol. The summed E-state index contributed by atoms with van der Waals surface area (Å²) in [5.74, 6) is -1.00. The second kappa shape index (κ2) is 8.46. The summed E-state index contributed by atoms with van der Waals surface area (Å²) >= 11 is 0. The number of aryl methyl sites for hydroxylation is 4. The van der Waals surface area contributed by atoms with E-state index < -0.39 is 11.7 Å². The maximum atomic E-state index is 12.6. The third kappa shape index (κ3) is 4.71. The Morgan fingerprint density at radius 2 is 1.14 bits per heavy atom.